The first-order valence-electron chi connectivity index (χ1n) is 9.82. The van der Waals surface area contributed by atoms with E-state index in [2.05, 4.69) is 10.6 Å². The Morgan fingerprint density at radius 3 is 2.43 bits per heavy atom. The van der Waals surface area contributed by atoms with Gasteiger partial charge >= 0.3 is 0 Å². The molecule has 2 heterocycles. The molecular weight excluding hydrogens is 398 g/mol. The molecule has 0 fully saturated rings. The maximum Gasteiger partial charge on any atom is 0.243 e. The summed E-state index contributed by atoms with van der Waals surface area (Å²) in [4.78, 5) is 28.0. The van der Waals surface area contributed by atoms with Crippen molar-refractivity contribution in [1.82, 2.24) is 10.2 Å². The van der Waals surface area contributed by atoms with Gasteiger partial charge in [-0.15, -0.1) is 11.3 Å². The van der Waals surface area contributed by atoms with E-state index in [-0.39, 0.29) is 24.9 Å². The molecule has 30 heavy (non-hydrogen) atoms. The van der Waals surface area contributed by atoms with Crippen molar-refractivity contribution >= 4 is 28.8 Å². The molecule has 2 N–H and O–H groups in total. The van der Waals surface area contributed by atoms with Crippen LogP contribution in [0.5, 0.6) is 0 Å². The molecule has 3 rings (SSSR count). The normalized spacial score (nSPS) is 10.9. The third kappa shape index (κ3) is 6.30. The fourth-order valence-electron chi connectivity index (χ4n) is 3.41. The van der Waals surface area contributed by atoms with Crippen molar-refractivity contribution in [3.05, 3.63) is 75.4 Å². The van der Waals surface area contributed by atoms with Crippen molar-refractivity contribution in [3.8, 4) is 0 Å². The highest BCUT2D eigenvalue weighted by atomic mass is 32.1. The highest BCUT2D eigenvalue weighted by Crippen LogP contribution is 2.21. The minimum absolute atomic E-state index is 0.0703. The van der Waals surface area contributed by atoms with Crippen molar-refractivity contribution in [1.29, 1.82) is 0 Å². The van der Waals surface area contributed by atoms with Crippen LogP contribution in [0, 0.1) is 20.8 Å². The van der Waals surface area contributed by atoms with Crippen LogP contribution in [0.1, 0.15) is 27.3 Å². The Morgan fingerprint density at radius 2 is 1.80 bits per heavy atom. The summed E-state index contributed by atoms with van der Waals surface area (Å²) >= 11 is 1.65. The molecule has 2 aromatic heterocycles. The van der Waals surface area contributed by atoms with Crippen LogP contribution in [0.2, 0.25) is 0 Å². The summed E-state index contributed by atoms with van der Waals surface area (Å²) in [5, 5.41) is 7.64. The zero-order valence-corrected chi connectivity index (χ0v) is 18.3. The van der Waals surface area contributed by atoms with Crippen molar-refractivity contribution in [3.63, 3.8) is 0 Å². The summed E-state index contributed by atoms with van der Waals surface area (Å²) in [7, 11) is 0. The molecule has 0 aliphatic rings. The number of anilines is 1. The monoisotopic (exact) mass is 425 g/mol. The predicted molar refractivity (Wildman–Crippen MR) is 119 cm³/mol. The zero-order valence-electron chi connectivity index (χ0n) is 17.5. The molecule has 0 saturated heterocycles. The first-order valence-corrected chi connectivity index (χ1v) is 10.7. The first kappa shape index (κ1) is 21.8. The topological polar surface area (TPSA) is 74.6 Å². The van der Waals surface area contributed by atoms with Crippen LogP contribution in [-0.2, 0) is 22.7 Å². The maximum absolute atomic E-state index is 12.5. The second-order valence-corrected chi connectivity index (χ2v) is 8.43. The second kappa shape index (κ2) is 10.2. The number of aryl methyl sites for hydroxylation is 3. The summed E-state index contributed by atoms with van der Waals surface area (Å²) < 4.78 is 5.43. The Kier molecular flexibility index (Phi) is 7.43. The Hall–Kier alpha value is -2.90. The molecule has 158 valence electrons. The predicted octanol–water partition coefficient (Wildman–Crippen LogP) is 4.02. The lowest BCUT2D eigenvalue weighted by molar-refractivity contribution is -0.125. The SMILES string of the molecule is Cc1cc(C)c(NC(=O)CNC(=O)CN(Cc2ccco2)Cc2cccs2)c(C)c1. The van der Waals surface area contributed by atoms with E-state index in [1.165, 1.54) is 0 Å². The number of carbonyl (C=O) groups is 2. The van der Waals surface area contributed by atoms with Crippen molar-refractivity contribution in [2.75, 3.05) is 18.4 Å². The number of thiophene rings is 1. The fourth-order valence-corrected chi connectivity index (χ4v) is 4.16. The van der Waals surface area contributed by atoms with Crippen LogP contribution in [0.25, 0.3) is 0 Å². The molecule has 7 heteroatoms. The van der Waals surface area contributed by atoms with Gasteiger partial charge in [0.2, 0.25) is 11.8 Å². The highest BCUT2D eigenvalue weighted by molar-refractivity contribution is 7.09. The van der Waals surface area contributed by atoms with Crippen LogP contribution in [0.15, 0.2) is 52.5 Å². The molecule has 6 nitrogen and oxygen atoms in total. The van der Waals surface area contributed by atoms with Gasteiger partial charge in [0.25, 0.3) is 0 Å². The van der Waals surface area contributed by atoms with Crippen LogP contribution >= 0.6 is 11.3 Å². The number of hydrogen-bond donors (Lipinski definition) is 2. The average Bonchev–Trinajstić information content (AvgIpc) is 3.37. The van der Waals surface area contributed by atoms with E-state index in [4.69, 9.17) is 4.42 Å². The van der Waals surface area contributed by atoms with Gasteiger partial charge in [0.15, 0.2) is 0 Å². The van der Waals surface area contributed by atoms with Crippen molar-refractivity contribution in [2.24, 2.45) is 0 Å². The molecule has 0 aliphatic carbocycles. The Balaban J connectivity index is 1.54. The van der Waals surface area contributed by atoms with Crippen molar-refractivity contribution in [2.45, 2.75) is 33.9 Å². The van der Waals surface area contributed by atoms with E-state index in [9.17, 15) is 9.59 Å². The van der Waals surface area contributed by atoms with Gasteiger partial charge < -0.3 is 15.1 Å². The van der Waals surface area contributed by atoms with E-state index in [1.807, 2.05) is 67.4 Å². The molecule has 0 saturated carbocycles. The van der Waals surface area contributed by atoms with Crippen LogP contribution < -0.4 is 10.6 Å². The van der Waals surface area contributed by atoms with E-state index in [1.54, 1.807) is 17.6 Å². The fraction of sp³-hybridized carbons (Fsp3) is 0.304. The number of hydrogen-bond acceptors (Lipinski definition) is 5. The molecule has 0 radical (unpaired) electrons. The lowest BCUT2D eigenvalue weighted by Crippen LogP contribution is -2.40. The highest BCUT2D eigenvalue weighted by Gasteiger charge is 2.15. The smallest absolute Gasteiger partial charge is 0.243 e. The number of nitrogens with one attached hydrogen (secondary N) is 2. The molecule has 0 spiro atoms. The van der Waals surface area contributed by atoms with E-state index in [0.29, 0.717) is 13.1 Å². The number of rotatable bonds is 9. The summed E-state index contributed by atoms with van der Waals surface area (Å²) in [5.41, 5.74) is 3.97. The minimum atomic E-state index is -0.241. The van der Waals surface area contributed by atoms with Crippen LogP contribution in [0.4, 0.5) is 5.69 Å². The average molecular weight is 426 g/mol. The van der Waals surface area contributed by atoms with Gasteiger partial charge in [0.05, 0.1) is 25.9 Å². The Labute approximate surface area is 180 Å². The molecule has 3 aromatic rings. The number of nitrogens with zero attached hydrogens (tertiary/aromatic N) is 1. The van der Waals surface area contributed by atoms with Crippen LogP contribution in [-0.4, -0.2) is 29.8 Å². The van der Waals surface area contributed by atoms with E-state index in [0.717, 1.165) is 33.0 Å². The van der Waals surface area contributed by atoms with Crippen molar-refractivity contribution < 1.29 is 14.0 Å². The van der Waals surface area contributed by atoms with Gasteiger partial charge in [-0.3, -0.25) is 14.5 Å². The van der Waals surface area contributed by atoms with Gasteiger partial charge in [0.1, 0.15) is 5.76 Å². The van der Waals surface area contributed by atoms with Crippen LogP contribution in [0.3, 0.4) is 0 Å². The standard InChI is InChI=1S/C23H27N3O3S/c1-16-10-17(2)23(18(3)11-16)25-21(27)12-24-22(28)15-26(13-19-6-4-8-29-19)14-20-7-5-9-30-20/h4-11H,12-15H2,1-3H3,(H,24,28)(H,25,27). The van der Waals surface area contributed by atoms with Gasteiger partial charge in [-0.25, -0.2) is 0 Å². The number of carbonyl (C=O) groups excluding carboxylic acids is 2. The summed E-state index contributed by atoms with van der Waals surface area (Å²) in [5.74, 6) is 0.349. The lowest BCUT2D eigenvalue weighted by atomic mass is 10.1. The molecule has 0 bridgehead atoms. The number of amides is 2. The molecule has 2 amide bonds. The lowest BCUT2D eigenvalue weighted by Gasteiger charge is -2.20. The molecular formula is C23H27N3O3S. The third-order valence-electron chi connectivity index (χ3n) is 4.67. The molecule has 0 aliphatic heterocycles. The van der Waals surface area contributed by atoms with Gasteiger partial charge in [-0.1, -0.05) is 23.8 Å². The molecule has 0 atom stereocenters. The van der Waals surface area contributed by atoms with Gasteiger partial charge in [-0.2, -0.15) is 0 Å². The third-order valence-corrected chi connectivity index (χ3v) is 5.54. The Bertz CT molecular complexity index is 922. The largest absolute Gasteiger partial charge is 0.468 e. The maximum atomic E-state index is 12.5. The zero-order chi connectivity index (χ0) is 21.5. The quantitative estimate of drug-likeness (QED) is 0.543. The van der Waals surface area contributed by atoms with Gasteiger partial charge in [0, 0.05) is 17.1 Å². The minimum Gasteiger partial charge on any atom is -0.468 e. The molecule has 0 unspecified atom stereocenters. The van der Waals surface area contributed by atoms with E-state index >= 15 is 0 Å². The van der Waals surface area contributed by atoms with Gasteiger partial charge in [-0.05, 0) is 55.5 Å². The second-order valence-electron chi connectivity index (χ2n) is 7.40. The summed E-state index contributed by atoms with van der Waals surface area (Å²) in [6, 6.07) is 11.8. The number of furan rings is 1. The number of benzene rings is 1. The summed E-state index contributed by atoms with van der Waals surface area (Å²) in [6.45, 7) is 7.21. The Morgan fingerprint density at radius 1 is 1.03 bits per heavy atom. The van der Waals surface area contributed by atoms with E-state index < -0.39 is 0 Å². The summed E-state index contributed by atoms with van der Waals surface area (Å²) in [6.07, 6.45) is 1.62. The molecule has 1 aromatic carbocycles. The first-order chi connectivity index (χ1) is 14.4.